The van der Waals surface area contributed by atoms with Gasteiger partial charge in [-0.05, 0) is 6.07 Å². The van der Waals surface area contributed by atoms with E-state index in [1.807, 2.05) is 12.1 Å². The van der Waals surface area contributed by atoms with Crippen molar-refractivity contribution in [2.75, 3.05) is 0 Å². The molecule has 0 bridgehead atoms. The summed E-state index contributed by atoms with van der Waals surface area (Å²) in [5.41, 5.74) is 6.28. The van der Waals surface area contributed by atoms with Gasteiger partial charge in [0.05, 0.1) is 0 Å². The zero-order valence-corrected chi connectivity index (χ0v) is 6.91. The Morgan fingerprint density at radius 2 is 2.17 bits per heavy atom. The van der Waals surface area contributed by atoms with Gasteiger partial charge in [0.2, 0.25) is 0 Å². The van der Waals surface area contributed by atoms with Crippen LogP contribution in [0.1, 0.15) is 12.5 Å². The van der Waals surface area contributed by atoms with Crippen LogP contribution in [0.3, 0.4) is 0 Å². The summed E-state index contributed by atoms with van der Waals surface area (Å²) < 4.78 is 4.92. The predicted molar refractivity (Wildman–Crippen MR) is 45.6 cm³/mol. The summed E-state index contributed by atoms with van der Waals surface area (Å²) in [6, 6.07) is 7.22. The van der Waals surface area contributed by atoms with Crippen molar-refractivity contribution in [1.82, 2.24) is 0 Å². The summed E-state index contributed by atoms with van der Waals surface area (Å²) in [5, 5.41) is 0. The second kappa shape index (κ2) is 3.88. The van der Waals surface area contributed by atoms with E-state index in [1.165, 1.54) is 6.92 Å². The lowest BCUT2D eigenvalue weighted by molar-refractivity contribution is -0.131. The Balaban J connectivity index is 2.89. The van der Waals surface area contributed by atoms with E-state index >= 15 is 0 Å². The topological polar surface area (TPSA) is 52.3 Å². The molecule has 0 aliphatic rings. The Hall–Kier alpha value is -1.35. The number of hydrogen-bond donors (Lipinski definition) is 1. The monoisotopic (exact) mass is 165 g/mol. The van der Waals surface area contributed by atoms with Gasteiger partial charge >= 0.3 is 5.97 Å². The zero-order chi connectivity index (χ0) is 8.97. The molecular formula is C9H11NO2. The summed E-state index contributed by atoms with van der Waals surface area (Å²) in [4.78, 5) is 10.6. The average molecular weight is 165 g/mol. The number of benzene rings is 1. The van der Waals surface area contributed by atoms with E-state index in [-0.39, 0.29) is 5.97 Å². The Morgan fingerprint density at radius 3 is 2.75 bits per heavy atom. The third-order valence-electron chi connectivity index (χ3n) is 1.45. The van der Waals surface area contributed by atoms with Crippen LogP contribution in [0.4, 0.5) is 0 Å². The molecule has 64 valence electrons. The molecule has 1 rings (SSSR count). The minimum absolute atomic E-state index is 0.323. The molecule has 0 aliphatic heterocycles. The Labute approximate surface area is 71.1 Å². The molecule has 0 spiro atoms. The lowest BCUT2D eigenvalue weighted by Crippen LogP contribution is -2.06. The van der Waals surface area contributed by atoms with Gasteiger partial charge in [0.15, 0.2) is 0 Å². The second-order valence-corrected chi connectivity index (χ2v) is 2.41. The fraction of sp³-hybridized carbons (Fsp3) is 0.222. The molecule has 0 saturated heterocycles. The molecule has 3 heteroatoms. The number of carbonyl (C=O) groups excluding carboxylic acids is 1. The SMILES string of the molecule is CC(=O)Oc1ccccc1CN. The summed E-state index contributed by atoms with van der Waals surface area (Å²) in [6.07, 6.45) is 0. The van der Waals surface area contributed by atoms with Crippen molar-refractivity contribution in [1.29, 1.82) is 0 Å². The maximum atomic E-state index is 10.6. The number of para-hydroxylation sites is 1. The molecule has 0 fully saturated rings. The van der Waals surface area contributed by atoms with Crippen LogP contribution < -0.4 is 10.5 Å². The zero-order valence-electron chi connectivity index (χ0n) is 6.91. The Kier molecular flexibility index (Phi) is 2.82. The third kappa shape index (κ3) is 2.07. The van der Waals surface area contributed by atoms with E-state index in [9.17, 15) is 4.79 Å². The maximum absolute atomic E-state index is 10.6. The van der Waals surface area contributed by atoms with Gasteiger partial charge in [-0.3, -0.25) is 4.79 Å². The number of esters is 1. The smallest absolute Gasteiger partial charge is 0.308 e. The molecule has 12 heavy (non-hydrogen) atoms. The second-order valence-electron chi connectivity index (χ2n) is 2.41. The van der Waals surface area contributed by atoms with Gasteiger partial charge in [-0.1, -0.05) is 18.2 Å². The molecular weight excluding hydrogens is 154 g/mol. The van der Waals surface area contributed by atoms with E-state index < -0.39 is 0 Å². The van der Waals surface area contributed by atoms with Crippen molar-refractivity contribution < 1.29 is 9.53 Å². The molecule has 3 nitrogen and oxygen atoms in total. The first-order valence-corrected chi connectivity index (χ1v) is 3.70. The quantitative estimate of drug-likeness (QED) is 0.526. The van der Waals surface area contributed by atoms with Crippen molar-refractivity contribution in [3.8, 4) is 5.75 Å². The van der Waals surface area contributed by atoms with Crippen molar-refractivity contribution in [2.45, 2.75) is 13.5 Å². The fourth-order valence-corrected chi connectivity index (χ4v) is 0.927. The Morgan fingerprint density at radius 1 is 1.50 bits per heavy atom. The predicted octanol–water partition coefficient (Wildman–Crippen LogP) is 1.07. The third-order valence-corrected chi connectivity index (χ3v) is 1.45. The number of hydrogen-bond acceptors (Lipinski definition) is 3. The van der Waals surface area contributed by atoms with Gasteiger partial charge < -0.3 is 10.5 Å². The molecule has 0 heterocycles. The maximum Gasteiger partial charge on any atom is 0.308 e. The van der Waals surface area contributed by atoms with Crippen molar-refractivity contribution in [3.05, 3.63) is 29.8 Å². The summed E-state index contributed by atoms with van der Waals surface area (Å²) in [6.45, 7) is 1.75. The lowest BCUT2D eigenvalue weighted by atomic mass is 10.2. The first-order chi connectivity index (χ1) is 5.74. The number of ether oxygens (including phenoxy) is 1. The largest absolute Gasteiger partial charge is 0.426 e. The van der Waals surface area contributed by atoms with Crippen molar-refractivity contribution in [3.63, 3.8) is 0 Å². The molecule has 0 amide bonds. The molecule has 2 N–H and O–H groups in total. The minimum atomic E-state index is -0.323. The van der Waals surface area contributed by atoms with Gasteiger partial charge in [-0.2, -0.15) is 0 Å². The van der Waals surface area contributed by atoms with E-state index in [2.05, 4.69) is 0 Å². The number of nitrogens with two attached hydrogens (primary N) is 1. The fourth-order valence-electron chi connectivity index (χ4n) is 0.927. The van der Waals surface area contributed by atoms with Crippen LogP contribution in [0.25, 0.3) is 0 Å². The number of carbonyl (C=O) groups is 1. The van der Waals surface area contributed by atoms with Crippen LogP contribution in [-0.2, 0) is 11.3 Å². The highest BCUT2D eigenvalue weighted by Gasteiger charge is 2.02. The van der Waals surface area contributed by atoms with Crippen LogP contribution in [0, 0.1) is 0 Å². The lowest BCUT2D eigenvalue weighted by Gasteiger charge is -2.05. The highest BCUT2D eigenvalue weighted by Crippen LogP contribution is 2.16. The first kappa shape index (κ1) is 8.74. The van der Waals surface area contributed by atoms with Crippen LogP contribution in [0.5, 0.6) is 5.75 Å². The van der Waals surface area contributed by atoms with Gasteiger partial charge in [-0.15, -0.1) is 0 Å². The van der Waals surface area contributed by atoms with E-state index in [0.29, 0.717) is 12.3 Å². The van der Waals surface area contributed by atoms with Crippen molar-refractivity contribution >= 4 is 5.97 Å². The highest BCUT2D eigenvalue weighted by atomic mass is 16.5. The minimum Gasteiger partial charge on any atom is -0.426 e. The van der Waals surface area contributed by atoms with Crippen LogP contribution in [-0.4, -0.2) is 5.97 Å². The summed E-state index contributed by atoms with van der Waals surface area (Å²) in [5.74, 6) is 0.225. The average Bonchev–Trinajstić information content (AvgIpc) is 2.04. The molecule has 0 atom stereocenters. The van der Waals surface area contributed by atoms with Crippen LogP contribution in [0.15, 0.2) is 24.3 Å². The van der Waals surface area contributed by atoms with Gasteiger partial charge in [-0.25, -0.2) is 0 Å². The van der Waals surface area contributed by atoms with Gasteiger partial charge in [0.25, 0.3) is 0 Å². The van der Waals surface area contributed by atoms with Crippen LogP contribution >= 0.6 is 0 Å². The molecule has 0 unspecified atom stereocenters. The normalized spacial score (nSPS) is 9.50. The molecule has 0 saturated carbocycles. The van der Waals surface area contributed by atoms with E-state index in [4.69, 9.17) is 10.5 Å². The molecule has 1 aromatic rings. The van der Waals surface area contributed by atoms with E-state index in [1.54, 1.807) is 12.1 Å². The molecule has 0 aromatic heterocycles. The van der Waals surface area contributed by atoms with E-state index in [0.717, 1.165) is 5.56 Å². The van der Waals surface area contributed by atoms with Crippen LogP contribution in [0.2, 0.25) is 0 Å². The summed E-state index contributed by atoms with van der Waals surface area (Å²) >= 11 is 0. The molecule has 0 aliphatic carbocycles. The van der Waals surface area contributed by atoms with Gasteiger partial charge in [0.1, 0.15) is 5.75 Å². The summed E-state index contributed by atoms with van der Waals surface area (Å²) in [7, 11) is 0. The first-order valence-electron chi connectivity index (χ1n) is 3.70. The molecule has 1 aromatic carbocycles. The standard InChI is InChI=1S/C9H11NO2/c1-7(11)12-9-5-3-2-4-8(9)6-10/h2-5H,6,10H2,1H3. The molecule has 0 radical (unpaired) electrons. The highest BCUT2D eigenvalue weighted by molar-refractivity contribution is 5.69. The van der Waals surface area contributed by atoms with Crippen molar-refractivity contribution in [2.24, 2.45) is 5.73 Å². The number of rotatable bonds is 2. The Bertz CT molecular complexity index is 284. The van der Waals surface area contributed by atoms with Gasteiger partial charge in [0, 0.05) is 19.0 Å².